The molecule has 100 valence electrons. The Hall–Kier alpha value is -0.250. The first kappa shape index (κ1) is 13.2. The Morgan fingerprint density at radius 1 is 1.12 bits per heavy atom. The number of hydrogen-bond donors (Lipinski definition) is 0. The number of halogens is 3. The molecule has 2 saturated heterocycles. The lowest BCUT2D eigenvalue weighted by atomic mass is 9.70. The molecule has 2 aliphatic rings. The molecule has 0 N–H and O–H groups in total. The summed E-state index contributed by atoms with van der Waals surface area (Å²) in [6, 6.07) is 0. The van der Waals surface area contributed by atoms with E-state index in [1.807, 2.05) is 0 Å². The molecule has 0 aromatic carbocycles. The normalized spacial score (nSPS) is 42.2. The first-order valence-electron chi connectivity index (χ1n) is 6.35. The van der Waals surface area contributed by atoms with Crippen molar-refractivity contribution in [2.75, 3.05) is 0 Å². The standard InChI is InChI=1S/C13H21F3O/c1-7-8(2)11-9(5-10(7)17-11)6-12(3,4)13(14,15)16/h7-11H,5-6H2,1-4H3. The maximum absolute atomic E-state index is 12.9. The highest BCUT2D eigenvalue weighted by atomic mass is 19.4. The topological polar surface area (TPSA) is 9.23 Å². The Balaban J connectivity index is 2.04. The van der Waals surface area contributed by atoms with E-state index in [1.54, 1.807) is 0 Å². The molecule has 2 rings (SSSR count). The van der Waals surface area contributed by atoms with Crippen LogP contribution in [0.1, 0.15) is 40.5 Å². The number of ether oxygens (including phenoxy) is 1. The molecule has 0 radical (unpaired) electrons. The molecule has 0 aromatic rings. The van der Waals surface area contributed by atoms with Gasteiger partial charge >= 0.3 is 6.18 Å². The van der Waals surface area contributed by atoms with E-state index in [9.17, 15) is 13.2 Å². The Kier molecular flexibility index (Phi) is 3.00. The zero-order valence-electron chi connectivity index (χ0n) is 10.8. The van der Waals surface area contributed by atoms with Crippen molar-refractivity contribution in [3.8, 4) is 0 Å². The molecule has 2 bridgehead atoms. The van der Waals surface area contributed by atoms with Crippen LogP contribution in [-0.2, 0) is 4.74 Å². The van der Waals surface area contributed by atoms with Crippen molar-refractivity contribution >= 4 is 0 Å². The third-order valence-electron chi connectivity index (χ3n) is 4.81. The van der Waals surface area contributed by atoms with Gasteiger partial charge in [0.15, 0.2) is 0 Å². The van der Waals surface area contributed by atoms with Crippen molar-refractivity contribution in [1.82, 2.24) is 0 Å². The summed E-state index contributed by atoms with van der Waals surface area (Å²) in [5, 5.41) is 0. The number of alkyl halides is 3. The van der Waals surface area contributed by atoms with Crippen molar-refractivity contribution in [2.24, 2.45) is 23.2 Å². The zero-order chi connectivity index (χ0) is 13.0. The maximum Gasteiger partial charge on any atom is 0.393 e. The van der Waals surface area contributed by atoms with E-state index in [1.165, 1.54) is 13.8 Å². The molecule has 0 spiro atoms. The first-order chi connectivity index (χ1) is 7.63. The lowest BCUT2D eigenvalue weighted by molar-refractivity contribution is -0.218. The minimum Gasteiger partial charge on any atom is -0.374 e. The zero-order valence-corrected chi connectivity index (χ0v) is 10.8. The summed E-state index contributed by atoms with van der Waals surface area (Å²) >= 11 is 0. The number of hydrogen-bond acceptors (Lipinski definition) is 1. The second-order valence-electron chi connectivity index (χ2n) is 6.44. The average Bonchev–Trinajstić information content (AvgIpc) is 2.66. The Labute approximate surface area is 101 Å². The summed E-state index contributed by atoms with van der Waals surface area (Å²) in [6.07, 6.45) is -2.91. The van der Waals surface area contributed by atoms with E-state index < -0.39 is 11.6 Å². The van der Waals surface area contributed by atoms with E-state index in [2.05, 4.69) is 13.8 Å². The van der Waals surface area contributed by atoms with Crippen LogP contribution >= 0.6 is 0 Å². The van der Waals surface area contributed by atoms with Gasteiger partial charge in [0, 0.05) is 0 Å². The van der Waals surface area contributed by atoms with Gasteiger partial charge in [0.05, 0.1) is 17.6 Å². The first-order valence-corrected chi connectivity index (χ1v) is 6.35. The van der Waals surface area contributed by atoms with Crippen LogP contribution in [0.2, 0.25) is 0 Å². The Morgan fingerprint density at radius 2 is 1.71 bits per heavy atom. The van der Waals surface area contributed by atoms with Crippen LogP contribution < -0.4 is 0 Å². The van der Waals surface area contributed by atoms with Crippen LogP contribution in [0, 0.1) is 23.2 Å². The fourth-order valence-corrected chi connectivity index (χ4v) is 3.30. The summed E-state index contributed by atoms with van der Waals surface area (Å²) in [5.41, 5.74) is -1.60. The third-order valence-corrected chi connectivity index (χ3v) is 4.81. The molecule has 5 unspecified atom stereocenters. The predicted octanol–water partition coefficient (Wildman–Crippen LogP) is 4.02. The van der Waals surface area contributed by atoms with E-state index in [4.69, 9.17) is 4.74 Å². The van der Waals surface area contributed by atoms with E-state index in [0.717, 1.165) is 6.42 Å². The minimum absolute atomic E-state index is 0.0385. The second-order valence-corrected chi connectivity index (χ2v) is 6.44. The highest BCUT2D eigenvalue weighted by Crippen LogP contribution is 2.52. The van der Waals surface area contributed by atoms with Gasteiger partial charge in [-0.25, -0.2) is 0 Å². The molecular formula is C13H21F3O. The quantitative estimate of drug-likeness (QED) is 0.719. The molecule has 5 atom stereocenters. The van der Waals surface area contributed by atoms with Crippen LogP contribution in [0.25, 0.3) is 0 Å². The summed E-state index contributed by atoms with van der Waals surface area (Å²) in [7, 11) is 0. The molecule has 0 saturated carbocycles. The fraction of sp³-hybridized carbons (Fsp3) is 1.00. The molecule has 2 fully saturated rings. The van der Waals surface area contributed by atoms with Crippen LogP contribution in [0.5, 0.6) is 0 Å². The molecule has 0 amide bonds. The van der Waals surface area contributed by atoms with Crippen molar-refractivity contribution < 1.29 is 17.9 Å². The summed E-state index contributed by atoms with van der Waals surface area (Å²) < 4.78 is 44.4. The smallest absolute Gasteiger partial charge is 0.374 e. The maximum atomic E-state index is 12.9. The van der Waals surface area contributed by atoms with Gasteiger partial charge in [0.2, 0.25) is 0 Å². The molecule has 1 nitrogen and oxygen atoms in total. The minimum atomic E-state index is -4.12. The number of fused-ring (bicyclic) bond motifs is 2. The van der Waals surface area contributed by atoms with Gasteiger partial charge in [-0.1, -0.05) is 27.7 Å². The number of rotatable bonds is 2. The van der Waals surface area contributed by atoms with Crippen LogP contribution in [-0.4, -0.2) is 18.4 Å². The van der Waals surface area contributed by atoms with Crippen molar-refractivity contribution in [3.63, 3.8) is 0 Å². The van der Waals surface area contributed by atoms with E-state index >= 15 is 0 Å². The van der Waals surface area contributed by atoms with Gasteiger partial charge < -0.3 is 4.74 Å². The van der Waals surface area contributed by atoms with Crippen molar-refractivity contribution in [1.29, 1.82) is 0 Å². The van der Waals surface area contributed by atoms with Crippen LogP contribution in [0.15, 0.2) is 0 Å². The van der Waals surface area contributed by atoms with Gasteiger partial charge in [0.1, 0.15) is 0 Å². The van der Waals surface area contributed by atoms with Gasteiger partial charge in [0.25, 0.3) is 0 Å². The van der Waals surface area contributed by atoms with Gasteiger partial charge in [-0.05, 0) is 30.6 Å². The molecule has 0 aliphatic carbocycles. The Bertz CT molecular complexity index is 296. The molecule has 0 aromatic heterocycles. The third kappa shape index (κ3) is 2.09. The molecular weight excluding hydrogens is 229 g/mol. The van der Waals surface area contributed by atoms with Gasteiger partial charge in [-0.3, -0.25) is 0 Å². The summed E-state index contributed by atoms with van der Waals surface area (Å²) in [6.45, 7) is 6.84. The highest BCUT2D eigenvalue weighted by molar-refractivity contribution is 4.99. The molecule has 4 heteroatoms. The average molecular weight is 250 g/mol. The van der Waals surface area contributed by atoms with Gasteiger partial charge in [-0.2, -0.15) is 13.2 Å². The highest BCUT2D eigenvalue weighted by Gasteiger charge is 2.55. The van der Waals surface area contributed by atoms with Crippen LogP contribution in [0.4, 0.5) is 13.2 Å². The second kappa shape index (κ2) is 3.87. The molecule has 2 heterocycles. The Morgan fingerprint density at radius 3 is 2.12 bits per heavy atom. The SMILES string of the molecule is CC1C2CC(CC(C)(C)C(F)(F)F)C(O2)C1C. The lowest BCUT2D eigenvalue weighted by Gasteiger charge is -2.35. The summed E-state index contributed by atoms with van der Waals surface area (Å²) in [5.74, 6) is 0.954. The van der Waals surface area contributed by atoms with E-state index in [-0.39, 0.29) is 24.5 Å². The monoisotopic (exact) mass is 250 g/mol. The lowest BCUT2D eigenvalue weighted by Crippen LogP contribution is -2.38. The van der Waals surface area contributed by atoms with Crippen molar-refractivity contribution in [3.05, 3.63) is 0 Å². The molecule has 2 aliphatic heterocycles. The largest absolute Gasteiger partial charge is 0.393 e. The van der Waals surface area contributed by atoms with Crippen molar-refractivity contribution in [2.45, 2.75) is 58.9 Å². The van der Waals surface area contributed by atoms with E-state index in [0.29, 0.717) is 11.8 Å². The molecule has 17 heavy (non-hydrogen) atoms. The summed E-state index contributed by atoms with van der Waals surface area (Å²) in [4.78, 5) is 0. The predicted molar refractivity (Wildman–Crippen MR) is 59.5 cm³/mol. The van der Waals surface area contributed by atoms with Crippen LogP contribution in [0.3, 0.4) is 0 Å². The fourth-order valence-electron chi connectivity index (χ4n) is 3.30. The van der Waals surface area contributed by atoms with Gasteiger partial charge in [-0.15, -0.1) is 0 Å².